The molecule has 0 unspecified atom stereocenters. The molecule has 3 aliphatic heterocycles. The second-order valence-corrected chi connectivity index (χ2v) is 12.1. The molecular weight excluding hydrogens is 622 g/mol. The van der Waals surface area contributed by atoms with Gasteiger partial charge in [-0.2, -0.15) is 0 Å². The molecule has 1 aromatic heterocycles. The van der Waals surface area contributed by atoms with Gasteiger partial charge < -0.3 is 33.2 Å². The zero-order valence-corrected chi connectivity index (χ0v) is 27.0. The van der Waals surface area contributed by atoms with E-state index >= 15 is 0 Å². The molecule has 2 aromatic carbocycles. The van der Waals surface area contributed by atoms with Crippen LogP contribution in [-0.4, -0.2) is 77.5 Å². The van der Waals surface area contributed by atoms with E-state index in [1.54, 1.807) is 0 Å². The molecule has 0 aliphatic carbocycles. The number of nitrogens with zero attached hydrogens (tertiary/aromatic N) is 4. The lowest BCUT2D eigenvalue weighted by Gasteiger charge is -2.29. The van der Waals surface area contributed by atoms with Crippen LogP contribution in [0.15, 0.2) is 87.6 Å². The molecule has 4 heterocycles. The Balaban J connectivity index is 1.25. The van der Waals surface area contributed by atoms with Crippen LogP contribution >= 0.6 is 0 Å². The van der Waals surface area contributed by atoms with Crippen molar-refractivity contribution in [2.24, 2.45) is 5.11 Å². The lowest BCUT2D eigenvalue weighted by atomic mass is 10.1. The molecule has 48 heavy (non-hydrogen) atoms. The highest BCUT2D eigenvalue weighted by Gasteiger charge is 2.58. The van der Waals surface area contributed by atoms with Gasteiger partial charge in [0.25, 0.3) is 5.56 Å². The van der Waals surface area contributed by atoms with E-state index in [1.165, 1.54) is 16.8 Å². The van der Waals surface area contributed by atoms with Gasteiger partial charge in [-0.05, 0) is 29.5 Å². The van der Waals surface area contributed by atoms with Crippen LogP contribution in [0.1, 0.15) is 37.8 Å². The molecule has 14 nitrogen and oxygen atoms in total. The molecule has 0 radical (unpaired) electrons. The van der Waals surface area contributed by atoms with Gasteiger partial charge in [0, 0.05) is 17.2 Å². The molecule has 0 bridgehead atoms. The van der Waals surface area contributed by atoms with Gasteiger partial charge in [-0.1, -0.05) is 79.6 Å². The summed E-state index contributed by atoms with van der Waals surface area (Å²) < 4.78 is 46.3. The van der Waals surface area contributed by atoms with Crippen molar-refractivity contribution in [2.75, 3.05) is 13.2 Å². The molecular formula is C34H41N5O9. The highest BCUT2D eigenvalue weighted by atomic mass is 16.8. The molecule has 14 heteroatoms. The van der Waals surface area contributed by atoms with E-state index < -0.39 is 66.1 Å². The van der Waals surface area contributed by atoms with Gasteiger partial charge in [-0.15, -0.1) is 0 Å². The highest BCUT2D eigenvalue weighted by Crippen LogP contribution is 2.43. The smallest absolute Gasteiger partial charge is 0.328 e. The minimum Gasteiger partial charge on any atom is -0.368 e. The Kier molecular flexibility index (Phi) is 11.0. The van der Waals surface area contributed by atoms with E-state index in [9.17, 15) is 9.59 Å². The van der Waals surface area contributed by atoms with Crippen LogP contribution in [-0.2, 0) is 52.9 Å². The molecule has 256 valence electrons. The Morgan fingerprint density at radius 1 is 0.833 bits per heavy atom. The van der Waals surface area contributed by atoms with Crippen molar-refractivity contribution in [3.05, 3.63) is 115 Å². The topological polar surface area (TPSA) is 168 Å². The van der Waals surface area contributed by atoms with E-state index in [0.717, 1.165) is 11.1 Å². The summed E-state index contributed by atoms with van der Waals surface area (Å²) in [7, 11) is 0. The number of azide groups is 1. The molecule has 3 aromatic rings. The van der Waals surface area contributed by atoms with E-state index in [4.69, 9.17) is 38.7 Å². The minimum atomic E-state index is -0.822. The predicted molar refractivity (Wildman–Crippen MR) is 172 cm³/mol. The number of rotatable bonds is 15. The van der Waals surface area contributed by atoms with Crippen molar-refractivity contribution in [2.45, 2.75) is 101 Å². The molecule has 0 amide bonds. The second-order valence-electron chi connectivity index (χ2n) is 12.1. The van der Waals surface area contributed by atoms with Gasteiger partial charge in [0.1, 0.15) is 36.6 Å². The number of ether oxygens (including phenoxy) is 7. The minimum absolute atomic E-state index is 0.0401. The summed E-state index contributed by atoms with van der Waals surface area (Å²) in [6.07, 6.45) is -2.20. The zero-order chi connectivity index (χ0) is 33.5. The maximum atomic E-state index is 12.7. The molecule has 0 saturated carbocycles. The fourth-order valence-corrected chi connectivity index (χ4v) is 6.46. The van der Waals surface area contributed by atoms with E-state index in [-0.39, 0.29) is 32.9 Å². The molecule has 3 aliphatic rings. The van der Waals surface area contributed by atoms with E-state index in [0.29, 0.717) is 12.8 Å². The summed E-state index contributed by atoms with van der Waals surface area (Å²) in [5.74, 6) is -0.786. The average Bonchev–Trinajstić information content (AvgIpc) is 3.76. The zero-order valence-electron chi connectivity index (χ0n) is 27.0. The monoisotopic (exact) mass is 663 g/mol. The van der Waals surface area contributed by atoms with Crippen LogP contribution < -0.4 is 11.2 Å². The van der Waals surface area contributed by atoms with Crippen LogP contribution in [0.5, 0.6) is 0 Å². The third-order valence-corrected chi connectivity index (χ3v) is 9.05. The van der Waals surface area contributed by atoms with Gasteiger partial charge in [0.15, 0.2) is 12.1 Å². The molecule has 6 rings (SSSR count). The van der Waals surface area contributed by atoms with Gasteiger partial charge in [-0.25, -0.2) is 4.79 Å². The van der Waals surface area contributed by atoms with Crippen LogP contribution in [0.3, 0.4) is 0 Å². The van der Waals surface area contributed by atoms with Crippen molar-refractivity contribution < 1.29 is 33.2 Å². The molecule has 3 saturated heterocycles. The Morgan fingerprint density at radius 2 is 1.46 bits per heavy atom. The number of aromatic nitrogens is 2. The number of hydrogen-bond acceptors (Lipinski definition) is 10. The lowest BCUT2D eigenvalue weighted by Crippen LogP contribution is -2.42. The summed E-state index contributed by atoms with van der Waals surface area (Å²) in [4.78, 5) is 29.6. The normalized spacial score (nSPS) is 29.0. The number of H-pyrrole nitrogens is 1. The molecule has 3 fully saturated rings. The van der Waals surface area contributed by atoms with Crippen molar-refractivity contribution in [3.8, 4) is 0 Å². The standard InChI is InChI=1S/C34H41N5O9/c1-3-34(4-2)47-30-24(17-36-38-35)46-32(31(30)48-34)44-21-26-29(43-20-23-13-9-6-10-14-23)28(42-19-22-11-7-5-8-12-22)25(45-26)18-39-16-15-27(40)37-33(39)41/h5-16,24-26,28-32H,3-4,17-21H2,1-2H3,(H,37,40,41)/t24-,25+,26-,28-,29-,30-,31-,32-/m1/s1. The number of fused-ring (bicyclic) bond motifs is 1. The Morgan fingerprint density at radius 3 is 2.06 bits per heavy atom. The third kappa shape index (κ3) is 7.72. The summed E-state index contributed by atoms with van der Waals surface area (Å²) in [5, 5.41) is 3.72. The SMILES string of the molecule is CCC1(CC)O[C@H]2[C@H](OC[C@H]3O[C@@H](Cn4ccc(=O)[nH]c4=O)[C@@H](OCc4ccccc4)[C@@H]3OCc3ccccc3)O[C@H](CN=[N+]=[N-])[C@H]2O1. The van der Waals surface area contributed by atoms with E-state index in [2.05, 4.69) is 15.0 Å². The third-order valence-electron chi connectivity index (χ3n) is 9.05. The molecule has 1 N–H and O–H groups in total. The first-order valence-electron chi connectivity index (χ1n) is 16.3. The van der Waals surface area contributed by atoms with Crippen LogP contribution in [0.4, 0.5) is 0 Å². The summed E-state index contributed by atoms with van der Waals surface area (Å²) in [6, 6.07) is 20.8. The first-order chi connectivity index (χ1) is 23.4. The summed E-state index contributed by atoms with van der Waals surface area (Å²) in [6.45, 7) is 4.76. The van der Waals surface area contributed by atoms with Gasteiger partial charge >= 0.3 is 5.69 Å². The number of aromatic amines is 1. The molecule has 8 atom stereocenters. The fraction of sp³-hybridized carbons (Fsp3) is 0.529. The Hall–Kier alpha value is -3.85. The summed E-state index contributed by atoms with van der Waals surface area (Å²) in [5.41, 5.74) is 9.84. The van der Waals surface area contributed by atoms with Crippen LogP contribution in [0.2, 0.25) is 0 Å². The van der Waals surface area contributed by atoms with Crippen molar-refractivity contribution in [1.29, 1.82) is 0 Å². The lowest BCUT2D eigenvalue weighted by molar-refractivity contribution is -0.253. The second kappa shape index (κ2) is 15.6. The largest absolute Gasteiger partial charge is 0.368 e. The van der Waals surface area contributed by atoms with Crippen molar-refractivity contribution in [1.82, 2.24) is 9.55 Å². The predicted octanol–water partition coefficient (Wildman–Crippen LogP) is 3.83. The van der Waals surface area contributed by atoms with Crippen molar-refractivity contribution in [3.63, 3.8) is 0 Å². The molecule has 0 spiro atoms. The van der Waals surface area contributed by atoms with Crippen molar-refractivity contribution >= 4 is 0 Å². The number of nitrogens with one attached hydrogen (secondary N) is 1. The summed E-state index contributed by atoms with van der Waals surface area (Å²) >= 11 is 0. The average molecular weight is 664 g/mol. The highest BCUT2D eigenvalue weighted by molar-refractivity contribution is 5.15. The van der Waals surface area contributed by atoms with Gasteiger partial charge in [0.05, 0.1) is 39.0 Å². The number of hydrogen-bond donors (Lipinski definition) is 1. The van der Waals surface area contributed by atoms with Crippen LogP contribution in [0.25, 0.3) is 10.4 Å². The van der Waals surface area contributed by atoms with Gasteiger partial charge in [0.2, 0.25) is 0 Å². The van der Waals surface area contributed by atoms with Gasteiger partial charge in [-0.3, -0.25) is 14.3 Å². The number of benzene rings is 2. The quantitative estimate of drug-likeness (QED) is 0.144. The van der Waals surface area contributed by atoms with Crippen LogP contribution in [0, 0.1) is 0 Å². The Labute approximate surface area is 277 Å². The first-order valence-corrected chi connectivity index (χ1v) is 16.3. The maximum absolute atomic E-state index is 12.7. The maximum Gasteiger partial charge on any atom is 0.328 e. The fourth-order valence-electron chi connectivity index (χ4n) is 6.46. The Bertz CT molecular complexity index is 1640. The first kappa shape index (κ1) is 34.0. The van der Waals surface area contributed by atoms with E-state index in [1.807, 2.05) is 74.5 Å².